The van der Waals surface area contributed by atoms with Gasteiger partial charge in [0.2, 0.25) is 0 Å². The first-order chi connectivity index (χ1) is 6.61. The molecule has 2 N–H and O–H groups in total. The first-order valence-electron chi connectivity index (χ1n) is 5.02. The Morgan fingerprint density at radius 3 is 2.86 bits per heavy atom. The van der Waals surface area contributed by atoms with Crippen LogP contribution in [0, 0.1) is 6.92 Å². The number of nitrogens with two attached hydrogens (primary N) is 1. The highest BCUT2D eigenvalue weighted by molar-refractivity contribution is 6.02. The number of ketones is 1. The summed E-state index contributed by atoms with van der Waals surface area (Å²) in [7, 11) is 0. The lowest BCUT2D eigenvalue weighted by Gasteiger charge is -2.04. The molecule has 14 heavy (non-hydrogen) atoms. The van der Waals surface area contributed by atoms with Crippen molar-refractivity contribution in [1.29, 1.82) is 0 Å². The van der Waals surface area contributed by atoms with Gasteiger partial charge in [-0.15, -0.1) is 0 Å². The van der Waals surface area contributed by atoms with E-state index in [-0.39, 0.29) is 5.78 Å². The second-order valence-corrected chi connectivity index (χ2v) is 3.94. The fraction of sp³-hybridized carbons (Fsp3) is 0.545. The normalized spacial score (nSPS) is 16.8. The van der Waals surface area contributed by atoms with Gasteiger partial charge in [-0.1, -0.05) is 0 Å². The van der Waals surface area contributed by atoms with Crippen LogP contribution in [0.2, 0.25) is 0 Å². The smallest absolute Gasteiger partial charge is 0.183 e. The van der Waals surface area contributed by atoms with E-state index >= 15 is 0 Å². The zero-order valence-corrected chi connectivity index (χ0v) is 8.59. The minimum Gasteiger partial charge on any atom is -0.465 e. The van der Waals surface area contributed by atoms with Crippen LogP contribution in [0.1, 0.15) is 40.8 Å². The van der Waals surface area contributed by atoms with Gasteiger partial charge in [-0.3, -0.25) is 4.79 Å². The molecule has 1 aromatic rings. The van der Waals surface area contributed by atoms with E-state index < -0.39 is 6.04 Å². The number of hydrogen-bond acceptors (Lipinski definition) is 3. The zero-order valence-electron chi connectivity index (χ0n) is 8.59. The molecule has 2 rings (SSSR count). The first kappa shape index (κ1) is 9.46. The Kier molecular flexibility index (Phi) is 2.19. The average Bonchev–Trinajstić information content (AvgIpc) is 2.62. The summed E-state index contributed by atoms with van der Waals surface area (Å²) in [6.45, 7) is 3.56. The van der Waals surface area contributed by atoms with Crippen LogP contribution < -0.4 is 5.73 Å². The number of fused-ring (bicyclic) bond motifs is 1. The summed E-state index contributed by atoms with van der Waals surface area (Å²) in [6, 6.07) is -0.434. The van der Waals surface area contributed by atoms with Gasteiger partial charge in [0.25, 0.3) is 0 Å². The molecule has 1 atom stereocenters. The Morgan fingerprint density at radius 1 is 1.50 bits per heavy atom. The summed E-state index contributed by atoms with van der Waals surface area (Å²) < 4.78 is 5.55. The Labute approximate surface area is 83.3 Å². The van der Waals surface area contributed by atoms with Gasteiger partial charge in [-0.2, -0.15) is 0 Å². The van der Waals surface area contributed by atoms with Crippen molar-refractivity contribution in [2.45, 2.75) is 39.2 Å². The summed E-state index contributed by atoms with van der Waals surface area (Å²) >= 11 is 0. The lowest BCUT2D eigenvalue weighted by Crippen LogP contribution is -2.27. The third-order valence-electron chi connectivity index (χ3n) is 2.76. The third kappa shape index (κ3) is 1.28. The molecule has 0 saturated heterocycles. The molecule has 1 unspecified atom stereocenters. The van der Waals surface area contributed by atoms with E-state index in [0.29, 0.717) is 0 Å². The maximum Gasteiger partial charge on any atom is 0.183 e. The Balaban J connectivity index is 2.47. The van der Waals surface area contributed by atoms with Crippen LogP contribution in [0.25, 0.3) is 0 Å². The van der Waals surface area contributed by atoms with E-state index in [1.807, 2.05) is 6.92 Å². The van der Waals surface area contributed by atoms with Gasteiger partial charge in [-0.25, -0.2) is 0 Å². The van der Waals surface area contributed by atoms with Crippen molar-refractivity contribution in [2.75, 3.05) is 0 Å². The van der Waals surface area contributed by atoms with Crippen LogP contribution >= 0.6 is 0 Å². The highest BCUT2D eigenvalue weighted by Gasteiger charge is 2.27. The summed E-state index contributed by atoms with van der Waals surface area (Å²) in [5.74, 6) is 1.73. The fourth-order valence-corrected chi connectivity index (χ4v) is 2.09. The van der Waals surface area contributed by atoms with Crippen molar-refractivity contribution in [3.63, 3.8) is 0 Å². The number of hydrogen-bond donors (Lipinski definition) is 1. The van der Waals surface area contributed by atoms with E-state index in [2.05, 4.69) is 0 Å². The zero-order chi connectivity index (χ0) is 10.3. The van der Waals surface area contributed by atoms with Crippen molar-refractivity contribution < 1.29 is 9.21 Å². The SMILES string of the molecule is Cc1oc2c(c1C(=O)C(C)N)CCC2. The molecular formula is C11H15NO2. The molecule has 0 amide bonds. The van der Waals surface area contributed by atoms with E-state index in [9.17, 15) is 4.79 Å². The molecule has 1 aliphatic carbocycles. The molecule has 0 spiro atoms. The van der Waals surface area contributed by atoms with E-state index in [0.717, 1.165) is 41.9 Å². The van der Waals surface area contributed by atoms with Gasteiger partial charge in [0.15, 0.2) is 5.78 Å². The molecule has 76 valence electrons. The topological polar surface area (TPSA) is 56.2 Å². The van der Waals surface area contributed by atoms with Crippen LogP contribution in [0.15, 0.2) is 4.42 Å². The van der Waals surface area contributed by atoms with Crippen LogP contribution in [-0.2, 0) is 12.8 Å². The number of carbonyl (C=O) groups is 1. The molecule has 1 aromatic heterocycles. The molecule has 1 aliphatic rings. The van der Waals surface area contributed by atoms with Crippen molar-refractivity contribution in [3.8, 4) is 0 Å². The lowest BCUT2D eigenvalue weighted by atomic mass is 10.0. The summed E-state index contributed by atoms with van der Waals surface area (Å²) in [5.41, 5.74) is 7.44. The molecule has 1 heterocycles. The summed E-state index contributed by atoms with van der Waals surface area (Å²) in [5, 5.41) is 0. The van der Waals surface area contributed by atoms with Gasteiger partial charge < -0.3 is 10.2 Å². The molecule has 0 radical (unpaired) electrons. The summed E-state index contributed by atoms with van der Waals surface area (Å²) in [4.78, 5) is 11.8. The molecule has 0 aliphatic heterocycles. The monoisotopic (exact) mass is 193 g/mol. The highest BCUT2D eigenvalue weighted by Crippen LogP contribution is 2.30. The Bertz CT molecular complexity index is 377. The maximum absolute atomic E-state index is 11.8. The van der Waals surface area contributed by atoms with Gasteiger partial charge in [0.1, 0.15) is 11.5 Å². The minimum atomic E-state index is -0.434. The van der Waals surface area contributed by atoms with Crippen LogP contribution in [-0.4, -0.2) is 11.8 Å². The molecule has 0 aromatic carbocycles. The van der Waals surface area contributed by atoms with Crippen LogP contribution in [0.3, 0.4) is 0 Å². The van der Waals surface area contributed by atoms with Gasteiger partial charge in [0, 0.05) is 12.0 Å². The second kappa shape index (κ2) is 3.24. The Morgan fingerprint density at radius 2 is 2.21 bits per heavy atom. The maximum atomic E-state index is 11.8. The molecule has 3 nitrogen and oxygen atoms in total. The average molecular weight is 193 g/mol. The minimum absolute atomic E-state index is 0.00870. The highest BCUT2D eigenvalue weighted by atomic mass is 16.3. The molecular weight excluding hydrogens is 178 g/mol. The molecule has 0 saturated carbocycles. The van der Waals surface area contributed by atoms with Crippen LogP contribution in [0.5, 0.6) is 0 Å². The van der Waals surface area contributed by atoms with E-state index in [1.165, 1.54) is 0 Å². The van der Waals surface area contributed by atoms with Crippen molar-refractivity contribution in [2.24, 2.45) is 5.73 Å². The van der Waals surface area contributed by atoms with Crippen molar-refractivity contribution in [3.05, 3.63) is 22.6 Å². The summed E-state index contributed by atoms with van der Waals surface area (Å²) in [6.07, 6.45) is 3.01. The third-order valence-corrected chi connectivity index (χ3v) is 2.76. The number of Topliss-reactive ketones (excluding diaryl/α,β-unsaturated/α-hetero) is 1. The van der Waals surface area contributed by atoms with Crippen LogP contribution in [0.4, 0.5) is 0 Å². The van der Waals surface area contributed by atoms with E-state index in [4.69, 9.17) is 10.2 Å². The first-order valence-corrected chi connectivity index (χ1v) is 5.02. The van der Waals surface area contributed by atoms with E-state index in [1.54, 1.807) is 6.92 Å². The van der Waals surface area contributed by atoms with Gasteiger partial charge in [-0.05, 0) is 26.7 Å². The molecule has 0 fully saturated rings. The molecule has 0 bridgehead atoms. The number of aryl methyl sites for hydroxylation is 2. The molecule has 3 heteroatoms. The predicted octanol–water partition coefficient (Wildman–Crippen LogP) is 1.61. The number of rotatable bonds is 2. The quantitative estimate of drug-likeness (QED) is 0.726. The number of carbonyl (C=O) groups excluding carboxylic acids is 1. The largest absolute Gasteiger partial charge is 0.465 e. The standard InChI is InChI=1S/C11H15NO2/c1-6(12)11(13)10-7(2)14-9-5-3-4-8(9)10/h6H,3-5,12H2,1-2H3. The predicted molar refractivity (Wildman–Crippen MR) is 53.4 cm³/mol. The van der Waals surface area contributed by atoms with Gasteiger partial charge in [0.05, 0.1) is 11.6 Å². The van der Waals surface area contributed by atoms with Gasteiger partial charge >= 0.3 is 0 Å². The fourth-order valence-electron chi connectivity index (χ4n) is 2.09. The Hall–Kier alpha value is -1.09. The van der Waals surface area contributed by atoms with Crippen molar-refractivity contribution in [1.82, 2.24) is 0 Å². The number of furan rings is 1. The van der Waals surface area contributed by atoms with Crippen molar-refractivity contribution >= 4 is 5.78 Å². The lowest BCUT2D eigenvalue weighted by molar-refractivity contribution is 0.0965. The second-order valence-electron chi connectivity index (χ2n) is 3.94.